The minimum atomic E-state index is -4.51. The van der Waals surface area contributed by atoms with Gasteiger partial charge < -0.3 is 27.9 Å². The monoisotopic (exact) mass is 659 g/mol. The fraction of sp³-hybridized carbons (Fsp3) is 0.861. The topological polar surface area (TPSA) is 94.1 Å². The number of hydrogen-bond acceptors (Lipinski definition) is 7. The van der Waals surface area contributed by atoms with Crippen molar-refractivity contribution in [2.24, 2.45) is 0 Å². The van der Waals surface area contributed by atoms with Crippen molar-refractivity contribution in [2.45, 2.75) is 148 Å². The molecule has 2 unspecified atom stereocenters. The minimum Gasteiger partial charge on any atom is -0.756 e. The second-order valence-corrected chi connectivity index (χ2v) is 14.6. The molecule has 9 heteroatoms. The van der Waals surface area contributed by atoms with E-state index in [-0.39, 0.29) is 25.8 Å². The smallest absolute Gasteiger partial charge is 0.306 e. The van der Waals surface area contributed by atoms with Gasteiger partial charge in [0.25, 0.3) is 7.82 Å². The van der Waals surface area contributed by atoms with Gasteiger partial charge in [-0.25, -0.2) is 0 Å². The Bertz CT molecular complexity index is 782. The Hall–Kier alpha value is -1.02. The summed E-state index contributed by atoms with van der Waals surface area (Å²) in [6.45, 7) is 5.33. The summed E-state index contributed by atoms with van der Waals surface area (Å²) in [5.41, 5.74) is 0. The Morgan fingerprint density at radius 2 is 1.22 bits per heavy atom. The number of phosphoric acid groups is 1. The Balaban J connectivity index is 4.28. The van der Waals surface area contributed by atoms with Crippen LogP contribution in [-0.4, -0.2) is 70.7 Å². The molecular weight excluding hydrogens is 589 g/mol. The molecule has 2 atom stereocenters. The maximum Gasteiger partial charge on any atom is 0.306 e. The molecule has 0 amide bonds. The molecular formula is C36H70NO7P. The predicted octanol–water partition coefficient (Wildman–Crippen LogP) is 9.08. The molecule has 0 bridgehead atoms. The molecule has 0 aliphatic heterocycles. The Labute approximate surface area is 277 Å². The number of rotatable bonds is 33. The summed E-state index contributed by atoms with van der Waals surface area (Å²) < 4.78 is 34.2. The summed E-state index contributed by atoms with van der Waals surface area (Å²) in [7, 11) is 1.34. The zero-order valence-corrected chi connectivity index (χ0v) is 30.7. The van der Waals surface area contributed by atoms with Crippen molar-refractivity contribution < 1.29 is 37.3 Å². The van der Waals surface area contributed by atoms with Gasteiger partial charge in [0.15, 0.2) is 0 Å². The quantitative estimate of drug-likeness (QED) is 0.0228. The zero-order valence-electron chi connectivity index (χ0n) is 29.8. The first-order valence-corrected chi connectivity index (χ1v) is 19.5. The first-order valence-electron chi connectivity index (χ1n) is 18.1. The van der Waals surface area contributed by atoms with E-state index in [1.807, 2.05) is 21.1 Å². The average molecular weight is 660 g/mol. The number of allylic oxidation sites excluding steroid dienone is 4. The van der Waals surface area contributed by atoms with Crippen LogP contribution in [0.1, 0.15) is 142 Å². The molecule has 0 aromatic carbocycles. The van der Waals surface area contributed by atoms with Crippen molar-refractivity contribution in [3.8, 4) is 0 Å². The number of quaternary nitrogens is 1. The van der Waals surface area contributed by atoms with E-state index < -0.39 is 13.9 Å². The van der Waals surface area contributed by atoms with Crippen LogP contribution < -0.4 is 4.89 Å². The highest BCUT2D eigenvalue weighted by molar-refractivity contribution is 7.45. The Kier molecular flexibility index (Phi) is 29.6. The number of esters is 1. The third-order valence-electron chi connectivity index (χ3n) is 7.51. The lowest BCUT2D eigenvalue weighted by Gasteiger charge is -2.28. The van der Waals surface area contributed by atoms with E-state index in [0.29, 0.717) is 24.1 Å². The third-order valence-corrected chi connectivity index (χ3v) is 8.47. The van der Waals surface area contributed by atoms with Crippen LogP contribution >= 0.6 is 7.82 Å². The van der Waals surface area contributed by atoms with Gasteiger partial charge >= 0.3 is 5.97 Å². The molecule has 266 valence electrons. The van der Waals surface area contributed by atoms with Gasteiger partial charge in [-0.05, 0) is 44.9 Å². The highest BCUT2D eigenvalue weighted by atomic mass is 31.2. The van der Waals surface area contributed by atoms with E-state index in [2.05, 4.69) is 38.2 Å². The van der Waals surface area contributed by atoms with Crippen LogP contribution in [0.2, 0.25) is 0 Å². The standard InChI is InChI=1S/C36H70NO7P/c1-6-8-10-12-14-15-16-17-18-19-20-21-22-23-25-27-29-36(38)44-35(33-41-31-28-26-24-13-11-9-7-2)34-43-45(39,40)42-32-30-37(3,4)5/h15-16,18-19,35H,6-14,17,20-34H2,1-5H3/b16-15-,19-18-. The highest BCUT2D eigenvalue weighted by Gasteiger charge is 2.20. The molecule has 0 fully saturated rings. The number of unbranched alkanes of at least 4 members (excludes halogenated alkanes) is 15. The average Bonchev–Trinajstić information content (AvgIpc) is 2.98. The third kappa shape index (κ3) is 34.1. The van der Waals surface area contributed by atoms with E-state index in [4.69, 9.17) is 18.5 Å². The van der Waals surface area contributed by atoms with Crippen molar-refractivity contribution in [2.75, 3.05) is 54.1 Å². The molecule has 0 aromatic rings. The highest BCUT2D eigenvalue weighted by Crippen LogP contribution is 2.38. The molecule has 0 aromatic heterocycles. The number of nitrogens with zero attached hydrogens (tertiary/aromatic N) is 1. The maximum atomic E-state index is 12.5. The normalized spacial score (nSPS) is 14.4. The van der Waals surface area contributed by atoms with Crippen LogP contribution in [-0.2, 0) is 27.9 Å². The van der Waals surface area contributed by atoms with Crippen molar-refractivity contribution in [3.63, 3.8) is 0 Å². The van der Waals surface area contributed by atoms with Crippen LogP contribution in [0.3, 0.4) is 0 Å². The Morgan fingerprint density at radius 3 is 1.82 bits per heavy atom. The van der Waals surface area contributed by atoms with Crippen molar-refractivity contribution in [1.29, 1.82) is 0 Å². The number of hydrogen-bond donors (Lipinski definition) is 0. The van der Waals surface area contributed by atoms with Crippen LogP contribution in [0.5, 0.6) is 0 Å². The van der Waals surface area contributed by atoms with E-state index in [1.54, 1.807) is 0 Å². The summed E-state index contributed by atoms with van der Waals surface area (Å²) in [6.07, 6.45) is 30.5. The van der Waals surface area contributed by atoms with Crippen molar-refractivity contribution >= 4 is 13.8 Å². The first kappa shape index (κ1) is 44.0. The summed E-state index contributed by atoms with van der Waals surface area (Å²) in [6, 6.07) is 0. The van der Waals surface area contributed by atoms with Gasteiger partial charge in [-0.1, -0.05) is 115 Å². The molecule has 0 saturated heterocycles. The number of phosphoric ester groups is 1. The first-order chi connectivity index (χ1) is 21.6. The lowest BCUT2D eigenvalue weighted by molar-refractivity contribution is -0.870. The lowest BCUT2D eigenvalue weighted by Crippen LogP contribution is -2.37. The van der Waals surface area contributed by atoms with Gasteiger partial charge in [0, 0.05) is 13.0 Å². The van der Waals surface area contributed by atoms with Gasteiger partial charge in [0.1, 0.15) is 19.3 Å². The van der Waals surface area contributed by atoms with E-state index in [0.717, 1.165) is 57.8 Å². The number of carbonyl (C=O) groups excluding carboxylic acids is 1. The van der Waals surface area contributed by atoms with Gasteiger partial charge in [-0.3, -0.25) is 9.36 Å². The van der Waals surface area contributed by atoms with Gasteiger partial charge in [-0.15, -0.1) is 0 Å². The van der Waals surface area contributed by atoms with Crippen molar-refractivity contribution in [1.82, 2.24) is 0 Å². The van der Waals surface area contributed by atoms with Gasteiger partial charge in [0.05, 0.1) is 34.4 Å². The summed E-state index contributed by atoms with van der Waals surface area (Å²) >= 11 is 0. The fourth-order valence-electron chi connectivity index (χ4n) is 4.63. The molecule has 45 heavy (non-hydrogen) atoms. The molecule has 0 rings (SSSR count). The van der Waals surface area contributed by atoms with Crippen molar-refractivity contribution in [3.05, 3.63) is 24.3 Å². The second-order valence-electron chi connectivity index (χ2n) is 13.2. The number of likely N-dealkylation sites (N-methyl/N-ethyl adjacent to an activating group) is 1. The van der Waals surface area contributed by atoms with Gasteiger partial charge in [0.2, 0.25) is 0 Å². The number of ether oxygens (including phenoxy) is 2. The van der Waals surface area contributed by atoms with Crippen LogP contribution in [0, 0.1) is 0 Å². The predicted molar refractivity (Wildman–Crippen MR) is 185 cm³/mol. The summed E-state index contributed by atoms with van der Waals surface area (Å²) in [5.74, 6) is -0.351. The zero-order chi connectivity index (χ0) is 33.5. The van der Waals surface area contributed by atoms with Crippen LogP contribution in [0.25, 0.3) is 0 Å². The molecule has 0 aliphatic rings. The number of carbonyl (C=O) groups is 1. The van der Waals surface area contributed by atoms with Crippen LogP contribution in [0.15, 0.2) is 24.3 Å². The van der Waals surface area contributed by atoms with Gasteiger partial charge in [-0.2, -0.15) is 0 Å². The fourth-order valence-corrected chi connectivity index (χ4v) is 5.36. The van der Waals surface area contributed by atoms with E-state index in [9.17, 15) is 14.3 Å². The molecule has 0 N–H and O–H groups in total. The molecule has 0 aliphatic carbocycles. The van der Waals surface area contributed by atoms with E-state index >= 15 is 0 Å². The van der Waals surface area contributed by atoms with Crippen LogP contribution in [0.4, 0.5) is 0 Å². The molecule has 0 spiro atoms. The maximum absolute atomic E-state index is 12.5. The largest absolute Gasteiger partial charge is 0.756 e. The molecule has 0 saturated carbocycles. The minimum absolute atomic E-state index is 0.0242. The molecule has 0 heterocycles. The molecule has 8 nitrogen and oxygen atoms in total. The Morgan fingerprint density at radius 1 is 0.689 bits per heavy atom. The summed E-state index contributed by atoms with van der Waals surface area (Å²) in [4.78, 5) is 24.8. The second kappa shape index (κ2) is 30.3. The SMILES string of the molecule is CCCCCC/C=C\C/C=C\CCCCCCCC(=O)OC(COCCCCCCCCC)COP(=O)([O-])OCC[N+](C)(C)C. The van der Waals surface area contributed by atoms with E-state index in [1.165, 1.54) is 64.2 Å². The molecule has 0 radical (unpaired) electrons. The lowest BCUT2D eigenvalue weighted by atomic mass is 10.1. The summed E-state index contributed by atoms with van der Waals surface area (Å²) in [5, 5.41) is 0.